The average Bonchev–Trinajstić information content (AvgIpc) is 3.24. The summed E-state index contributed by atoms with van der Waals surface area (Å²) in [5.41, 5.74) is 6.95. The number of aromatic nitrogens is 2. The molecule has 1 atom stereocenters. The fraction of sp³-hybridized carbons (Fsp3) is 0.318. The molecule has 0 saturated heterocycles. The fourth-order valence-corrected chi connectivity index (χ4v) is 3.88. The van der Waals surface area contributed by atoms with Crippen LogP contribution in [-0.4, -0.2) is 27.3 Å². The number of ether oxygens (including phenoxy) is 1. The zero-order chi connectivity index (χ0) is 23.2. The average molecular weight is 448 g/mol. The molecule has 1 amide bonds. The highest BCUT2D eigenvalue weighted by Crippen LogP contribution is 2.34. The third-order valence-corrected chi connectivity index (χ3v) is 5.66. The van der Waals surface area contributed by atoms with Gasteiger partial charge in [0.1, 0.15) is 11.6 Å². The lowest BCUT2D eigenvalue weighted by atomic mass is 10.0. The Kier molecular flexibility index (Phi) is 5.49. The van der Waals surface area contributed by atoms with Crippen molar-refractivity contribution in [2.75, 3.05) is 12.3 Å². The standard InChI is InChI=1S/C22H20F4N4O2/c1-3-30(11(2)18-5-4-12(8-28-18)22(24,25)26)21(31)14-6-13-15-9-32-10-16(15)20(27)29-19(13)7-17(14)23/h4-8,11H,3,9-10H2,1-2H3,(H2,27,29)/t11-/m1/s1. The first-order chi connectivity index (χ1) is 15.1. The van der Waals surface area contributed by atoms with Crippen molar-refractivity contribution in [2.24, 2.45) is 0 Å². The molecule has 0 saturated carbocycles. The topological polar surface area (TPSA) is 81.3 Å². The highest BCUT2D eigenvalue weighted by Gasteiger charge is 2.32. The Hall–Kier alpha value is -3.27. The van der Waals surface area contributed by atoms with Gasteiger partial charge in [0.2, 0.25) is 0 Å². The number of nitrogens with two attached hydrogens (primary N) is 1. The molecule has 10 heteroatoms. The van der Waals surface area contributed by atoms with Crippen LogP contribution in [0.1, 0.15) is 52.6 Å². The Morgan fingerprint density at radius 2 is 1.97 bits per heavy atom. The number of carbonyl (C=O) groups excluding carboxylic acids is 1. The van der Waals surface area contributed by atoms with Crippen molar-refractivity contribution >= 4 is 22.6 Å². The summed E-state index contributed by atoms with van der Waals surface area (Å²) >= 11 is 0. The third kappa shape index (κ3) is 3.75. The quantitative estimate of drug-likeness (QED) is 0.589. The molecule has 4 rings (SSSR count). The number of amides is 1. The number of pyridine rings is 2. The maximum absolute atomic E-state index is 14.9. The van der Waals surface area contributed by atoms with Gasteiger partial charge in [-0.25, -0.2) is 9.37 Å². The second kappa shape index (κ2) is 8.01. The summed E-state index contributed by atoms with van der Waals surface area (Å²) in [6.07, 6.45) is -3.79. The van der Waals surface area contributed by atoms with E-state index >= 15 is 0 Å². The van der Waals surface area contributed by atoms with Gasteiger partial charge in [0, 0.05) is 29.8 Å². The molecule has 0 unspecified atom stereocenters. The first-order valence-corrected chi connectivity index (χ1v) is 9.94. The molecule has 168 valence electrons. The van der Waals surface area contributed by atoms with Gasteiger partial charge >= 0.3 is 6.18 Å². The number of anilines is 1. The summed E-state index contributed by atoms with van der Waals surface area (Å²) in [4.78, 5) is 22.7. The van der Waals surface area contributed by atoms with Crippen molar-refractivity contribution in [3.05, 3.63) is 64.2 Å². The van der Waals surface area contributed by atoms with Crippen molar-refractivity contribution in [3.8, 4) is 0 Å². The van der Waals surface area contributed by atoms with Crippen LogP contribution in [0.5, 0.6) is 0 Å². The zero-order valence-corrected chi connectivity index (χ0v) is 17.3. The van der Waals surface area contributed by atoms with Gasteiger partial charge in [-0.15, -0.1) is 0 Å². The van der Waals surface area contributed by atoms with E-state index in [0.717, 1.165) is 29.5 Å². The van der Waals surface area contributed by atoms with Crippen LogP contribution in [0.25, 0.3) is 10.9 Å². The molecular weight excluding hydrogens is 428 g/mol. The first kappa shape index (κ1) is 21.9. The molecule has 0 spiro atoms. The number of hydrogen-bond donors (Lipinski definition) is 1. The van der Waals surface area contributed by atoms with Crippen LogP contribution in [0.3, 0.4) is 0 Å². The molecule has 3 heterocycles. The van der Waals surface area contributed by atoms with Gasteiger partial charge in [-0.2, -0.15) is 13.2 Å². The number of alkyl halides is 3. The number of halogens is 4. The molecule has 2 aromatic heterocycles. The molecule has 6 nitrogen and oxygen atoms in total. The predicted octanol–water partition coefficient (Wildman–Crippen LogP) is 4.62. The fourth-order valence-electron chi connectivity index (χ4n) is 3.88. The van der Waals surface area contributed by atoms with Gasteiger partial charge < -0.3 is 15.4 Å². The molecular formula is C22H20F4N4O2. The van der Waals surface area contributed by atoms with Crippen LogP contribution in [0.2, 0.25) is 0 Å². The van der Waals surface area contributed by atoms with Crippen molar-refractivity contribution in [1.82, 2.24) is 14.9 Å². The van der Waals surface area contributed by atoms with Gasteiger partial charge in [-0.1, -0.05) is 0 Å². The van der Waals surface area contributed by atoms with Crippen LogP contribution in [0.4, 0.5) is 23.4 Å². The third-order valence-electron chi connectivity index (χ3n) is 5.66. The molecule has 32 heavy (non-hydrogen) atoms. The second-order valence-electron chi connectivity index (χ2n) is 7.53. The maximum atomic E-state index is 14.9. The number of nitrogen functional groups attached to an aromatic ring is 1. The van der Waals surface area contributed by atoms with E-state index in [1.807, 2.05) is 0 Å². The molecule has 1 aliphatic rings. The maximum Gasteiger partial charge on any atom is 0.417 e. The summed E-state index contributed by atoms with van der Waals surface area (Å²) in [6.45, 7) is 4.10. The van der Waals surface area contributed by atoms with E-state index in [-0.39, 0.29) is 30.2 Å². The number of nitrogens with zero attached hydrogens (tertiary/aromatic N) is 3. The smallest absolute Gasteiger partial charge is 0.383 e. The van der Waals surface area contributed by atoms with E-state index in [9.17, 15) is 22.4 Å². The highest BCUT2D eigenvalue weighted by atomic mass is 19.4. The molecule has 0 bridgehead atoms. The van der Waals surface area contributed by atoms with Gasteiger partial charge in [0.05, 0.1) is 41.6 Å². The predicted molar refractivity (Wildman–Crippen MR) is 109 cm³/mol. The van der Waals surface area contributed by atoms with Crippen molar-refractivity contribution < 1.29 is 27.1 Å². The SMILES string of the molecule is CCN(C(=O)c1cc2c3c(c(N)nc2cc1F)COC3)[C@H](C)c1ccc(C(F)(F)F)cn1. The van der Waals surface area contributed by atoms with E-state index in [1.54, 1.807) is 13.8 Å². The van der Waals surface area contributed by atoms with E-state index in [2.05, 4.69) is 9.97 Å². The normalized spacial score (nSPS) is 14.4. The number of fused-ring (bicyclic) bond motifs is 3. The minimum Gasteiger partial charge on any atom is -0.383 e. The summed E-state index contributed by atoms with van der Waals surface area (Å²) < 4.78 is 58.8. The Balaban J connectivity index is 1.70. The van der Waals surface area contributed by atoms with Gasteiger partial charge in [-0.05, 0) is 37.6 Å². The Labute approximate surface area is 181 Å². The Bertz CT molecular complexity index is 1200. The lowest BCUT2D eigenvalue weighted by Gasteiger charge is -2.28. The minimum absolute atomic E-state index is 0.168. The summed E-state index contributed by atoms with van der Waals surface area (Å²) in [6, 6.07) is 4.04. The highest BCUT2D eigenvalue weighted by molar-refractivity contribution is 5.99. The van der Waals surface area contributed by atoms with Gasteiger partial charge in [-0.3, -0.25) is 9.78 Å². The first-order valence-electron chi connectivity index (χ1n) is 9.94. The largest absolute Gasteiger partial charge is 0.417 e. The Morgan fingerprint density at radius 3 is 2.59 bits per heavy atom. The lowest BCUT2D eigenvalue weighted by molar-refractivity contribution is -0.137. The summed E-state index contributed by atoms with van der Waals surface area (Å²) in [5.74, 6) is -1.11. The van der Waals surface area contributed by atoms with Crippen molar-refractivity contribution in [2.45, 2.75) is 39.3 Å². The van der Waals surface area contributed by atoms with Gasteiger partial charge in [0.25, 0.3) is 5.91 Å². The molecule has 1 aromatic carbocycles. The van der Waals surface area contributed by atoms with Crippen LogP contribution in [0.15, 0.2) is 30.5 Å². The van der Waals surface area contributed by atoms with E-state index in [0.29, 0.717) is 17.5 Å². The number of benzene rings is 1. The monoisotopic (exact) mass is 448 g/mol. The summed E-state index contributed by atoms with van der Waals surface area (Å²) in [7, 11) is 0. The van der Waals surface area contributed by atoms with Crippen molar-refractivity contribution in [1.29, 1.82) is 0 Å². The molecule has 2 N–H and O–H groups in total. The van der Waals surface area contributed by atoms with Crippen LogP contribution in [-0.2, 0) is 24.1 Å². The number of carbonyl (C=O) groups is 1. The van der Waals surface area contributed by atoms with E-state index in [1.165, 1.54) is 17.0 Å². The van der Waals surface area contributed by atoms with Crippen LogP contribution >= 0.6 is 0 Å². The molecule has 0 aliphatic carbocycles. The molecule has 0 fully saturated rings. The molecule has 1 aliphatic heterocycles. The van der Waals surface area contributed by atoms with Crippen LogP contribution < -0.4 is 5.73 Å². The van der Waals surface area contributed by atoms with Gasteiger partial charge in [0.15, 0.2) is 0 Å². The molecule has 0 radical (unpaired) electrons. The van der Waals surface area contributed by atoms with E-state index in [4.69, 9.17) is 10.5 Å². The summed E-state index contributed by atoms with van der Waals surface area (Å²) in [5, 5.41) is 0.577. The number of hydrogen-bond acceptors (Lipinski definition) is 5. The van der Waals surface area contributed by atoms with E-state index < -0.39 is 29.5 Å². The minimum atomic E-state index is -4.51. The Morgan fingerprint density at radius 1 is 1.25 bits per heavy atom. The lowest BCUT2D eigenvalue weighted by Crippen LogP contribution is -2.34. The molecule has 3 aromatic rings. The zero-order valence-electron chi connectivity index (χ0n) is 17.3. The van der Waals surface area contributed by atoms with Crippen molar-refractivity contribution in [3.63, 3.8) is 0 Å². The second-order valence-corrected chi connectivity index (χ2v) is 7.53. The van der Waals surface area contributed by atoms with Crippen LogP contribution in [0, 0.1) is 5.82 Å². The number of rotatable bonds is 4.